The second kappa shape index (κ2) is 4.89. The predicted molar refractivity (Wildman–Crippen MR) is 72.8 cm³/mol. The molecule has 0 unspecified atom stereocenters. The Bertz CT molecular complexity index is 697. The largest absolute Gasteiger partial charge is 0.396 e. The van der Waals surface area contributed by atoms with Crippen LogP contribution in [0.2, 0.25) is 0 Å². The zero-order chi connectivity index (χ0) is 14.0. The average molecular weight is 280 g/mol. The summed E-state index contributed by atoms with van der Waals surface area (Å²) in [6, 6.07) is 10.1. The van der Waals surface area contributed by atoms with Gasteiger partial charge in [-0.2, -0.15) is 0 Å². The summed E-state index contributed by atoms with van der Waals surface area (Å²) in [6.07, 6.45) is 0. The van der Waals surface area contributed by atoms with Crippen molar-refractivity contribution in [3.8, 4) is 0 Å². The summed E-state index contributed by atoms with van der Waals surface area (Å²) in [7, 11) is -3.72. The fraction of sp³-hybridized carbons (Fsp3) is 0.0769. The van der Waals surface area contributed by atoms with E-state index in [0.29, 0.717) is 0 Å². The van der Waals surface area contributed by atoms with Gasteiger partial charge in [-0.1, -0.05) is 17.7 Å². The molecule has 19 heavy (non-hydrogen) atoms. The standard InChI is InChI=1S/C13H13FN2O2S/c1-9-2-5-11(6-3-9)19(17,18)16-10-4-7-13(15)12(14)8-10/h2-8,16H,15H2,1H3. The smallest absolute Gasteiger partial charge is 0.261 e. The van der Waals surface area contributed by atoms with Gasteiger partial charge in [-0.15, -0.1) is 0 Å². The van der Waals surface area contributed by atoms with Crippen molar-refractivity contribution in [1.82, 2.24) is 0 Å². The monoisotopic (exact) mass is 280 g/mol. The third kappa shape index (κ3) is 3.03. The number of anilines is 2. The molecule has 2 rings (SSSR count). The van der Waals surface area contributed by atoms with Crippen LogP contribution in [0.1, 0.15) is 5.56 Å². The van der Waals surface area contributed by atoms with Crippen molar-refractivity contribution in [2.45, 2.75) is 11.8 Å². The molecule has 100 valence electrons. The number of benzene rings is 2. The molecular weight excluding hydrogens is 267 g/mol. The number of hydrogen-bond acceptors (Lipinski definition) is 3. The highest BCUT2D eigenvalue weighted by Gasteiger charge is 2.14. The molecule has 0 saturated heterocycles. The summed E-state index contributed by atoms with van der Waals surface area (Å²) >= 11 is 0. The van der Waals surface area contributed by atoms with E-state index < -0.39 is 15.8 Å². The second-order valence-electron chi connectivity index (χ2n) is 4.15. The molecule has 0 saturated carbocycles. The Morgan fingerprint density at radius 3 is 2.32 bits per heavy atom. The molecule has 0 atom stereocenters. The van der Waals surface area contributed by atoms with Gasteiger partial charge in [0.05, 0.1) is 16.3 Å². The summed E-state index contributed by atoms with van der Waals surface area (Å²) in [5, 5.41) is 0. The lowest BCUT2D eigenvalue weighted by Crippen LogP contribution is -2.13. The molecule has 0 amide bonds. The van der Waals surface area contributed by atoms with Gasteiger partial charge in [-0.25, -0.2) is 12.8 Å². The molecular formula is C13H13FN2O2S. The maximum Gasteiger partial charge on any atom is 0.261 e. The molecule has 2 aromatic rings. The highest BCUT2D eigenvalue weighted by molar-refractivity contribution is 7.92. The summed E-state index contributed by atoms with van der Waals surface area (Å²) in [5.41, 5.74) is 6.39. The van der Waals surface area contributed by atoms with Crippen LogP contribution in [-0.4, -0.2) is 8.42 Å². The van der Waals surface area contributed by atoms with Crippen LogP contribution < -0.4 is 10.5 Å². The molecule has 0 radical (unpaired) electrons. The van der Waals surface area contributed by atoms with Gasteiger partial charge in [-0.3, -0.25) is 4.72 Å². The van der Waals surface area contributed by atoms with Gasteiger partial charge in [0, 0.05) is 6.07 Å². The maximum atomic E-state index is 13.2. The van der Waals surface area contributed by atoms with E-state index >= 15 is 0 Å². The molecule has 2 aromatic carbocycles. The fourth-order valence-corrected chi connectivity index (χ4v) is 2.57. The number of aryl methyl sites for hydroxylation is 1. The number of nitrogens with two attached hydrogens (primary N) is 1. The Kier molecular flexibility index (Phi) is 3.44. The minimum atomic E-state index is -3.72. The lowest BCUT2D eigenvalue weighted by Gasteiger charge is -2.09. The van der Waals surface area contributed by atoms with Crippen molar-refractivity contribution < 1.29 is 12.8 Å². The van der Waals surface area contributed by atoms with Gasteiger partial charge in [0.15, 0.2) is 0 Å². The van der Waals surface area contributed by atoms with E-state index in [2.05, 4.69) is 4.72 Å². The van der Waals surface area contributed by atoms with E-state index in [1.54, 1.807) is 12.1 Å². The Morgan fingerprint density at radius 1 is 1.11 bits per heavy atom. The van der Waals surface area contributed by atoms with Crippen molar-refractivity contribution in [3.05, 3.63) is 53.8 Å². The number of hydrogen-bond donors (Lipinski definition) is 2. The molecule has 4 nitrogen and oxygen atoms in total. The summed E-state index contributed by atoms with van der Waals surface area (Å²) in [6.45, 7) is 1.86. The molecule has 0 fully saturated rings. The van der Waals surface area contributed by atoms with E-state index in [9.17, 15) is 12.8 Å². The van der Waals surface area contributed by atoms with Crippen molar-refractivity contribution in [3.63, 3.8) is 0 Å². The molecule has 0 aliphatic rings. The van der Waals surface area contributed by atoms with Crippen LogP contribution in [0.3, 0.4) is 0 Å². The predicted octanol–water partition coefficient (Wildman–Crippen LogP) is 2.52. The first kappa shape index (κ1) is 13.4. The molecule has 3 N–H and O–H groups in total. The first-order valence-corrected chi connectivity index (χ1v) is 7.01. The SMILES string of the molecule is Cc1ccc(S(=O)(=O)Nc2ccc(N)c(F)c2)cc1. The summed E-state index contributed by atoms with van der Waals surface area (Å²) in [4.78, 5) is 0.121. The molecule has 6 heteroatoms. The van der Waals surface area contributed by atoms with Crippen LogP contribution in [0, 0.1) is 12.7 Å². The zero-order valence-corrected chi connectivity index (χ0v) is 11.0. The van der Waals surface area contributed by atoms with Crippen LogP contribution in [0.4, 0.5) is 15.8 Å². The molecule has 0 aromatic heterocycles. The fourth-order valence-electron chi connectivity index (χ4n) is 1.52. The van der Waals surface area contributed by atoms with Crippen molar-refractivity contribution >= 4 is 21.4 Å². The lowest BCUT2D eigenvalue weighted by atomic mass is 10.2. The minimum absolute atomic E-state index is 0.0294. The Hall–Kier alpha value is -2.08. The van der Waals surface area contributed by atoms with Crippen LogP contribution >= 0.6 is 0 Å². The van der Waals surface area contributed by atoms with Gasteiger partial charge >= 0.3 is 0 Å². The lowest BCUT2D eigenvalue weighted by molar-refractivity contribution is 0.601. The van der Waals surface area contributed by atoms with Gasteiger partial charge in [0.1, 0.15) is 5.82 Å². The third-order valence-electron chi connectivity index (χ3n) is 2.58. The Morgan fingerprint density at radius 2 is 1.74 bits per heavy atom. The molecule has 0 spiro atoms. The number of rotatable bonds is 3. The highest BCUT2D eigenvalue weighted by atomic mass is 32.2. The number of nitrogen functional groups attached to an aromatic ring is 1. The number of sulfonamides is 1. The molecule has 0 bridgehead atoms. The first-order valence-electron chi connectivity index (χ1n) is 5.53. The van der Waals surface area contributed by atoms with Gasteiger partial charge in [0.25, 0.3) is 10.0 Å². The Balaban J connectivity index is 2.30. The summed E-state index contributed by atoms with van der Waals surface area (Å²) < 4.78 is 39.6. The van der Waals surface area contributed by atoms with Gasteiger partial charge in [0.2, 0.25) is 0 Å². The highest BCUT2D eigenvalue weighted by Crippen LogP contribution is 2.20. The van der Waals surface area contributed by atoms with E-state index in [4.69, 9.17) is 5.73 Å². The van der Waals surface area contributed by atoms with Crippen molar-refractivity contribution in [2.75, 3.05) is 10.5 Å². The summed E-state index contributed by atoms with van der Waals surface area (Å²) in [5.74, 6) is -0.663. The van der Waals surface area contributed by atoms with Crippen LogP contribution in [-0.2, 0) is 10.0 Å². The topological polar surface area (TPSA) is 72.2 Å². The van der Waals surface area contributed by atoms with Crippen LogP contribution in [0.5, 0.6) is 0 Å². The maximum absolute atomic E-state index is 13.2. The molecule has 0 aliphatic carbocycles. The van der Waals surface area contributed by atoms with Crippen molar-refractivity contribution in [2.24, 2.45) is 0 Å². The quantitative estimate of drug-likeness (QED) is 0.848. The molecule has 0 heterocycles. The minimum Gasteiger partial charge on any atom is -0.396 e. The van der Waals surface area contributed by atoms with Crippen molar-refractivity contribution in [1.29, 1.82) is 0 Å². The van der Waals surface area contributed by atoms with E-state index in [1.807, 2.05) is 6.92 Å². The second-order valence-corrected chi connectivity index (χ2v) is 5.84. The third-order valence-corrected chi connectivity index (χ3v) is 3.98. The number of halogens is 1. The zero-order valence-electron chi connectivity index (χ0n) is 10.2. The van der Waals surface area contributed by atoms with Crippen LogP contribution in [0.15, 0.2) is 47.4 Å². The van der Waals surface area contributed by atoms with Gasteiger partial charge < -0.3 is 5.73 Å². The molecule has 0 aliphatic heterocycles. The first-order chi connectivity index (χ1) is 8.88. The van der Waals surface area contributed by atoms with E-state index in [-0.39, 0.29) is 16.3 Å². The van der Waals surface area contributed by atoms with Crippen LogP contribution in [0.25, 0.3) is 0 Å². The van der Waals surface area contributed by atoms with Gasteiger partial charge in [-0.05, 0) is 31.2 Å². The van der Waals surface area contributed by atoms with E-state index in [1.165, 1.54) is 24.3 Å². The van der Waals surface area contributed by atoms with E-state index in [0.717, 1.165) is 11.6 Å². The number of nitrogens with one attached hydrogen (secondary N) is 1. The normalized spacial score (nSPS) is 11.3. The Labute approximate surface area is 111 Å². The average Bonchev–Trinajstić information content (AvgIpc) is 2.34.